The number of sulfone groups is 1. The van der Waals surface area contributed by atoms with Crippen LogP contribution in [0.2, 0.25) is 0 Å². The van der Waals surface area contributed by atoms with Crippen LogP contribution in [-0.2, 0) is 9.84 Å². The summed E-state index contributed by atoms with van der Waals surface area (Å²) in [5.74, 6) is 0.374. The number of benzene rings is 1. The van der Waals surface area contributed by atoms with Gasteiger partial charge in [-0.1, -0.05) is 0 Å². The van der Waals surface area contributed by atoms with Crippen molar-refractivity contribution in [1.82, 2.24) is 10.6 Å². The molecule has 2 rings (SSSR count). The van der Waals surface area contributed by atoms with Gasteiger partial charge in [-0.3, -0.25) is 4.79 Å². The Labute approximate surface area is 119 Å². The molecule has 1 aliphatic rings. The monoisotopic (exact) mass is 296 g/mol. The van der Waals surface area contributed by atoms with E-state index in [0.29, 0.717) is 18.0 Å². The fraction of sp³-hybridized carbons (Fsp3) is 0.500. The van der Waals surface area contributed by atoms with Crippen LogP contribution in [0.15, 0.2) is 29.2 Å². The molecule has 5 nitrogen and oxygen atoms in total. The average molecular weight is 296 g/mol. The quantitative estimate of drug-likeness (QED) is 0.862. The highest BCUT2D eigenvalue weighted by Crippen LogP contribution is 2.12. The third-order valence-corrected chi connectivity index (χ3v) is 4.68. The minimum atomic E-state index is -3.21. The molecule has 0 saturated carbocycles. The first-order valence-electron chi connectivity index (χ1n) is 6.76. The fourth-order valence-corrected chi connectivity index (χ4v) is 2.91. The third-order valence-electron chi connectivity index (χ3n) is 3.55. The van der Waals surface area contributed by atoms with Gasteiger partial charge in [0.1, 0.15) is 0 Å². The molecule has 1 aliphatic heterocycles. The van der Waals surface area contributed by atoms with Gasteiger partial charge in [-0.15, -0.1) is 0 Å². The van der Waals surface area contributed by atoms with Gasteiger partial charge in [-0.05, 0) is 56.1 Å². The first-order valence-corrected chi connectivity index (χ1v) is 8.65. The van der Waals surface area contributed by atoms with Crippen molar-refractivity contribution >= 4 is 15.7 Å². The molecule has 2 N–H and O–H groups in total. The minimum Gasteiger partial charge on any atom is -0.352 e. The Morgan fingerprint density at radius 2 is 1.85 bits per heavy atom. The summed E-state index contributed by atoms with van der Waals surface area (Å²) >= 11 is 0. The van der Waals surface area contributed by atoms with E-state index < -0.39 is 9.84 Å². The summed E-state index contributed by atoms with van der Waals surface area (Å²) in [4.78, 5) is 12.2. The predicted octanol–water partition coefficient (Wildman–Crippen LogP) is 0.819. The number of nitrogens with one attached hydrogen (secondary N) is 2. The molecular formula is C14H20N2O3S. The van der Waals surface area contributed by atoms with Gasteiger partial charge < -0.3 is 10.6 Å². The predicted molar refractivity (Wildman–Crippen MR) is 77.5 cm³/mol. The van der Waals surface area contributed by atoms with Crippen LogP contribution < -0.4 is 10.6 Å². The summed E-state index contributed by atoms with van der Waals surface area (Å²) in [6.45, 7) is 2.68. The van der Waals surface area contributed by atoms with Crippen LogP contribution in [-0.4, -0.2) is 40.2 Å². The van der Waals surface area contributed by atoms with Crippen molar-refractivity contribution < 1.29 is 13.2 Å². The van der Waals surface area contributed by atoms with Crippen molar-refractivity contribution in [2.75, 3.05) is 25.9 Å². The van der Waals surface area contributed by atoms with Crippen LogP contribution in [0, 0.1) is 5.92 Å². The lowest BCUT2D eigenvalue weighted by atomic mass is 9.98. The van der Waals surface area contributed by atoms with Gasteiger partial charge in [-0.25, -0.2) is 8.42 Å². The van der Waals surface area contributed by atoms with Gasteiger partial charge in [0.25, 0.3) is 5.91 Å². The molecule has 1 aromatic rings. The molecule has 6 heteroatoms. The van der Waals surface area contributed by atoms with Crippen LogP contribution in [0.1, 0.15) is 23.2 Å². The number of hydrogen-bond donors (Lipinski definition) is 2. The van der Waals surface area contributed by atoms with E-state index in [1.165, 1.54) is 12.1 Å². The zero-order valence-corrected chi connectivity index (χ0v) is 12.4. The number of rotatable bonds is 4. The van der Waals surface area contributed by atoms with E-state index in [1.54, 1.807) is 12.1 Å². The SMILES string of the molecule is CS(=O)(=O)c1ccc(C(=O)NCC2CCNCC2)cc1. The summed E-state index contributed by atoms with van der Waals surface area (Å²) < 4.78 is 22.7. The van der Waals surface area contributed by atoms with Crippen LogP contribution in [0.5, 0.6) is 0 Å². The molecule has 0 radical (unpaired) electrons. The molecule has 1 saturated heterocycles. The van der Waals surface area contributed by atoms with E-state index in [1.807, 2.05) is 0 Å². The molecule has 1 amide bonds. The largest absolute Gasteiger partial charge is 0.352 e. The Morgan fingerprint density at radius 3 is 2.40 bits per heavy atom. The van der Waals surface area contributed by atoms with E-state index in [2.05, 4.69) is 10.6 Å². The van der Waals surface area contributed by atoms with Gasteiger partial charge in [0.05, 0.1) is 4.90 Å². The second-order valence-electron chi connectivity index (χ2n) is 5.20. The van der Waals surface area contributed by atoms with Crippen LogP contribution in [0.25, 0.3) is 0 Å². The lowest BCUT2D eigenvalue weighted by molar-refractivity contribution is 0.0944. The highest BCUT2D eigenvalue weighted by molar-refractivity contribution is 7.90. The highest BCUT2D eigenvalue weighted by atomic mass is 32.2. The van der Waals surface area contributed by atoms with Crippen molar-refractivity contribution in [2.24, 2.45) is 5.92 Å². The Morgan fingerprint density at radius 1 is 1.25 bits per heavy atom. The molecule has 0 spiro atoms. The van der Waals surface area contributed by atoms with Crippen molar-refractivity contribution in [3.63, 3.8) is 0 Å². The third kappa shape index (κ3) is 4.05. The smallest absolute Gasteiger partial charge is 0.251 e. The second-order valence-corrected chi connectivity index (χ2v) is 7.22. The molecule has 110 valence electrons. The van der Waals surface area contributed by atoms with Gasteiger partial charge >= 0.3 is 0 Å². The summed E-state index contributed by atoms with van der Waals surface area (Å²) in [5, 5.41) is 6.20. The maximum Gasteiger partial charge on any atom is 0.251 e. The second kappa shape index (κ2) is 6.37. The first kappa shape index (κ1) is 15.0. The number of amides is 1. The Hall–Kier alpha value is -1.40. The van der Waals surface area contributed by atoms with Crippen LogP contribution >= 0.6 is 0 Å². The van der Waals surface area contributed by atoms with Crippen LogP contribution in [0.3, 0.4) is 0 Å². The molecule has 1 heterocycles. The number of piperidine rings is 1. The number of carbonyl (C=O) groups is 1. The van der Waals surface area contributed by atoms with E-state index in [0.717, 1.165) is 32.2 Å². The zero-order chi connectivity index (χ0) is 14.6. The summed E-state index contributed by atoms with van der Waals surface area (Å²) in [7, 11) is -3.21. The minimum absolute atomic E-state index is 0.149. The van der Waals surface area contributed by atoms with E-state index >= 15 is 0 Å². The first-order chi connectivity index (χ1) is 9.47. The summed E-state index contributed by atoms with van der Waals surface area (Å²) in [5.41, 5.74) is 0.492. The van der Waals surface area contributed by atoms with Gasteiger partial charge in [0.15, 0.2) is 9.84 Å². The molecular weight excluding hydrogens is 276 g/mol. The standard InChI is InChI=1S/C14H20N2O3S/c1-20(18,19)13-4-2-12(3-5-13)14(17)16-10-11-6-8-15-9-7-11/h2-5,11,15H,6-10H2,1H3,(H,16,17). The number of hydrogen-bond acceptors (Lipinski definition) is 4. The van der Waals surface area contributed by atoms with E-state index in [4.69, 9.17) is 0 Å². The molecule has 0 unspecified atom stereocenters. The van der Waals surface area contributed by atoms with Gasteiger partial charge in [0, 0.05) is 18.4 Å². The van der Waals surface area contributed by atoms with Gasteiger partial charge in [-0.2, -0.15) is 0 Å². The average Bonchev–Trinajstić information content (AvgIpc) is 2.45. The lowest BCUT2D eigenvalue weighted by Crippen LogP contribution is -2.35. The Kier molecular flexibility index (Phi) is 4.77. The maximum absolute atomic E-state index is 12.0. The van der Waals surface area contributed by atoms with Crippen molar-refractivity contribution in [3.05, 3.63) is 29.8 Å². The fourth-order valence-electron chi connectivity index (χ4n) is 2.28. The molecule has 0 bridgehead atoms. The molecule has 0 aromatic heterocycles. The molecule has 1 fully saturated rings. The zero-order valence-electron chi connectivity index (χ0n) is 11.6. The lowest BCUT2D eigenvalue weighted by Gasteiger charge is -2.22. The normalized spacial score (nSPS) is 16.9. The number of carbonyl (C=O) groups excluding carboxylic acids is 1. The summed E-state index contributed by atoms with van der Waals surface area (Å²) in [6, 6.07) is 6.03. The Bertz CT molecular complexity index is 561. The van der Waals surface area contributed by atoms with Crippen molar-refractivity contribution in [3.8, 4) is 0 Å². The molecule has 0 aliphatic carbocycles. The maximum atomic E-state index is 12.0. The van der Waals surface area contributed by atoms with Crippen LogP contribution in [0.4, 0.5) is 0 Å². The van der Waals surface area contributed by atoms with E-state index in [-0.39, 0.29) is 10.8 Å². The topological polar surface area (TPSA) is 75.3 Å². The Balaban J connectivity index is 1.92. The van der Waals surface area contributed by atoms with E-state index in [9.17, 15) is 13.2 Å². The van der Waals surface area contributed by atoms with Gasteiger partial charge in [0.2, 0.25) is 0 Å². The van der Waals surface area contributed by atoms with Crippen molar-refractivity contribution in [1.29, 1.82) is 0 Å². The summed E-state index contributed by atoms with van der Waals surface area (Å²) in [6.07, 6.45) is 3.31. The molecule has 1 aromatic carbocycles. The molecule has 0 atom stereocenters. The molecule has 20 heavy (non-hydrogen) atoms. The highest BCUT2D eigenvalue weighted by Gasteiger charge is 2.15. The van der Waals surface area contributed by atoms with Crippen molar-refractivity contribution in [2.45, 2.75) is 17.7 Å².